The third-order valence-electron chi connectivity index (χ3n) is 3.92. The minimum absolute atomic E-state index is 0.196. The molecule has 1 aromatic heterocycles. The van der Waals surface area contributed by atoms with Crippen molar-refractivity contribution < 1.29 is 4.79 Å². The van der Waals surface area contributed by atoms with Crippen LogP contribution in [0.4, 0.5) is 0 Å². The summed E-state index contributed by atoms with van der Waals surface area (Å²) in [6.07, 6.45) is 3.27. The molecule has 3 aromatic rings. The molecule has 6 heteroatoms. The van der Waals surface area contributed by atoms with Gasteiger partial charge in [-0.1, -0.05) is 36.4 Å². The summed E-state index contributed by atoms with van der Waals surface area (Å²) in [6.45, 7) is 4.34. The molecule has 0 saturated carbocycles. The van der Waals surface area contributed by atoms with Crippen LogP contribution in [0.1, 0.15) is 22.5 Å². The molecule has 0 fully saturated rings. The molecule has 0 saturated heterocycles. The molecule has 0 spiro atoms. The van der Waals surface area contributed by atoms with Crippen molar-refractivity contribution in [2.75, 3.05) is 0 Å². The third-order valence-corrected chi connectivity index (χ3v) is 3.92. The normalized spacial score (nSPS) is 11.0. The van der Waals surface area contributed by atoms with E-state index in [0.29, 0.717) is 5.82 Å². The zero-order chi connectivity index (χ0) is 17.6. The monoisotopic (exact) mass is 333 g/mol. The first-order chi connectivity index (χ1) is 12.1. The van der Waals surface area contributed by atoms with Crippen LogP contribution in [0.15, 0.2) is 54.6 Å². The summed E-state index contributed by atoms with van der Waals surface area (Å²) in [4.78, 5) is 12.0. The highest BCUT2D eigenvalue weighted by atomic mass is 16.1. The Morgan fingerprint density at radius 1 is 1.12 bits per heavy atom. The second-order valence-corrected chi connectivity index (χ2v) is 5.74. The van der Waals surface area contributed by atoms with E-state index in [9.17, 15) is 4.79 Å². The van der Waals surface area contributed by atoms with Gasteiger partial charge in [-0.3, -0.25) is 4.79 Å². The summed E-state index contributed by atoms with van der Waals surface area (Å²) in [7, 11) is 0. The van der Waals surface area contributed by atoms with Gasteiger partial charge in [-0.05, 0) is 59.2 Å². The van der Waals surface area contributed by atoms with E-state index in [1.54, 1.807) is 10.8 Å². The van der Waals surface area contributed by atoms with Gasteiger partial charge in [0.05, 0.1) is 12.2 Å². The van der Waals surface area contributed by atoms with Crippen LogP contribution in [0.5, 0.6) is 0 Å². The minimum Gasteiger partial charge on any atom is -0.345 e. The number of carbonyl (C=O) groups excluding carboxylic acids is 1. The van der Waals surface area contributed by atoms with Gasteiger partial charge in [0, 0.05) is 6.08 Å². The lowest BCUT2D eigenvalue weighted by atomic mass is 10.1. The highest BCUT2D eigenvalue weighted by Gasteiger charge is 2.09. The van der Waals surface area contributed by atoms with Crippen LogP contribution in [-0.2, 0) is 11.3 Å². The maximum absolute atomic E-state index is 12.0. The Balaban J connectivity index is 1.66. The molecule has 0 aliphatic rings. The lowest BCUT2D eigenvalue weighted by molar-refractivity contribution is -0.116. The molecule has 1 N–H and O–H groups in total. The van der Waals surface area contributed by atoms with Crippen LogP contribution in [0.2, 0.25) is 0 Å². The number of carbonyl (C=O) groups is 1. The molecule has 6 nitrogen and oxygen atoms in total. The smallest absolute Gasteiger partial charge is 0.244 e. The number of nitrogens with one attached hydrogen (secondary N) is 1. The molecule has 0 atom stereocenters. The second kappa shape index (κ2) is 7.53. The fraction of sp³-hybridized carbons (Fsp3) is 0.158. The van der Waals surface area contributed by atoms with Crippen molar-refractivity contribution in [1.82, 2.24) is 25.5 Å². The third kappa shape index (κ3) is 4.17. The molecule has 0 bridgehead atoms. The van der Waals surface area contributed by atoms with Crippen LogP contribution < -0.4 is 5.32 Å². The first-order valence-electron chi connectivity index (χ1n) is 7.99. The van der Waals surface area contributed by atoms with Gasteiger partial charge < -0.3 is 5.32 Å². The summed E-state index contributed by atoms with van der Waals surface area (Å²) in [5, 5.41) is 14.5. The molecule has 25 heavy (non-hydrogen) atoms. The summed E-state index contributed by atoms with van der Waals surface area (Å²) >= 11 is 0. The lowest BCUT2D eigenvalue weighted by Gasteiger charge is -2.07. The molecular weight excluding hydrogens is 314 g/mol. The average Bonchev–Trinajstić information content (AvgIpc) is 3.10. The van der Waals surface area contributed by atoms with Gasteiger partial charge in [0.25, 0.3) is 0 Å². The number of hydrogen-bond acceptors (Lipinski definition) is 4. The highest BCUT2D eigenvalue weighted by molar-refractivity contribution is 5.91. The molecule has 1 amide bonds. The fourth-order valence-corrected chi connectivity index (χ4v) is 2.34. The predicted molar refractivity (Wildman–Crippen MR) is 96.0 cm³/mol. The SMILES string of the molecule is Cc1ccc(-n2nnnc2CNC(=O)/C=C/c2ccccc2)cc1C. The van der Waals surface area contributed by atoms with Crippen molar-refractivity contribution in [1.29, 1.82) is 0 Å². The van der Waals surface area contributed by atoms with E-state index in [0.717, 1.165) is 16.8 Å². The van der Waals surface area contributed by atoms with E-state index in [1.165, 1.54) is 11.6 Å². The summed E-state index contributed by atoms with van der Waals surface area (Å²) in [6, 6.07) is 15.7. The first-order valence-corrected chi connectivity index (χ1v) is 7.99. The number of hydrogen-bond donors (Lipinski definition) is 1. The largest absolute Gasteiger partial charge is 0.345 e. The van der Waals surface area contributed by atoms with Gasteiger partial charge in [0.1, 0.15) is 0 Å². The predicted octanol–water partition coefficient (Wildman–Crippen LogP) is 2.61. The Morgan fingerprint density at radius 2 is 1.92 bits per heavy atom. The molecule has 0 radical (unpaired) electrons. The van der Waals surface area contributed by atoms with E-state index >= 15 is 0 Å². The molecule has 3 rings (SSSR count). The van der Waals surface area contributed by atoms with Gasteiger partial charge in [0.2, 0.25) is 5.91 Å². The average molecular weight is 333 g/mol. The lowest BCUT2D eigenvalue weighted by Crippen LogP contribution is -2.22. The maximum atomic E-state index is 12.0. The number of rotatable bonds is 5. The van der Waals surface area contributed by atoms with Crippen LogP contribution in [0.25, 0.3) is 11.8 Å². The van der Waals surface area contributed by atoms with Crippen LogP contribution in [0, 0.1) is 13.8 Å². The number of nitrogens with zero attached hydrogens (tertiary/aromatic N) is 4. The molecule has 126 valence electrons. The Hall–Kier alpha value is -3.28. The standard InChI is InChI=1S/C19H19N5O/c1-14-8-10-17(12-15(14)2)24-18(21-22-23-24)13-20-19(25)11-9-16-6-4-3-5-7-16/h3-12H,13H2,1-2H3,(H,20,25)/b11-9+. The topological polar surface area (TPSA) is 72.7 Å². The van der Waals surface area contributed by atoms with Crippen molar-refractivity contribution in [3.63, 3.8) is 0 Å². The number of tetrazole rings is 1. The molecular formula is C19H19N5O. The Labute approximate surface area is 146 Å². The minimum atomic E-state index is -0.196. The van der Waals surface area contributed by atoms with Crippen molar-refractivity contribution in [3.8, 4) is 5.69 Å². The Kier molecular flexibility index (Phi) is 4.99. The zero-order valence-corrected chi connectivity index (χ0v) is 14.2. The summed E-state index contributed by atoms with van der Waals surface area (Å²) in [5.74, 6) is 0.378. The van der Waals surface area contributed by atoms with E-state index in [2.05, 4.69) is 27.8 Å². The van der Waals surface area contributed by atoms with Gasteiger partial charge in [-0.15, -0.1) is 5.10 Å². The quantitative estimate of drug-likeness (QED) is 0.729. The molecule has 0 aliphatic heterocycles. The summed E-state index contributed by atoms with van der Waals surface area (Å²) in [5.41, 5.74) is 4.21. The van der Waals surface area contributed by atoms with Crippen LogP contribution >= 0.6 is 0 Å². The fourth-order valence-electron chi connectivity index (χ4n) is 2.34. The number of aromatic nitrogens is 4. The van der Waals surface area contributed by atoms with Crippen molar-refractivity contribution >= 4 is 12.0 Å². The molecule has 1 heterocycles. The number of amides is 1. The Morgan fingerprint density at radius 3 is 2.68 bits per heavy atom. The van der Waals surface area contributed by atoms with E-state index in [1.807, 2.05) is 55.5 Å². The van der Waals surface area contributed by atoms with Crippen molar-refractivity contribution in [2.24, 2.45) is 0 Å². The van der Waals surface area contributed by atoms with E-state index < -0.39 is 0 Å². The number of benzene rings is 2. The van der Waals surface area contributed by atoms with Gasteiger partial charge in [-0.25, -0.2) is 0 Å². The van der Waals surface area contributed by atoms with Gasteiger partial charge >= 0.3 is 0 Å². The van der Waals surface area contributed by atoms with E-state index in [4.69, 9.17) is 0 Å². The van der Waals surface area contributed by atoms with Gasteiger partial charge in [0.15, 0.2) is 5.82 Å². The van der Waals surface area contributed by atoms with E-state index in [-0.39, 0.29) is 12.5 Å². The maximum Gasteiger partial charge on any atom is 0.244 e. The van der Waals surface area contributed by atoms with Crippen molar-refractivity contribution in [3.05, 3.63) is 77.1 Å². The molecule has 0 aliphatic carbocycles. The second-order valence-electron chi connectivity index (χ2n) is 5.74. The molecule has 0 unspecified atom stereocenters. The number of aryl methyl sites for hydroxylation is 2. The Bertz CT molecular complexity index is 899. The van der Waals surface area contributed by atoms with Crippen LogP contribution in [-0.4, -0.2) is 26.1 Å². The molecule has 2 aromatic carbocycles. The van der Waals surface area contributed by atoms with Crippen molar-refractivity contribution in [2.45, 2.75) is 20.4 Å². The summed E-state index contributed by atoms with van der Waals surface area (Å²) < 4.78 is 1.63. The highest BCUT2D eigenvalue weighted by Crippen LogP contribution is 2.14. The van der Waals surface area contributed by atoms with Crippen LogP contribution in [0.3, 0.4) is 0 Å². The zero-order valence-electron chi connectivity index (χ0n) is 14.2. The van der Waals surface area contributed by atoms with Gasteiger partial charge in [-0.2, -0.15) is 4.68 Å². The first kappa shape index (κ1) is 16.6.